The van der Waals surface area contributed by atoms with Crippen molar-refractivity contribution < 1.29 is 14.3 Å². The minimum absolute atomic E-state index is 0.117. The van der Waals surface area contributed by atoms with E-state index in [0.29, 0.717) is 22.8 Å². The zero-order chi connectivity index (χ0) is 23.3. The Labute approximate surface area is 198 Å². The highest BCUT2D eigenvalue weighted by atomic mass is 79.9. The standard InChI is InChI=1S/C22H19BrClN5O3/c1-26-20(25)12-3-5-13(6-4-12)21(30)29-19-16(9-15(24)10-17(19)32-2)22(31)28-18-8-7-14(23)11-27-18/h3-11H,1-2H3,(H2,25,26)(H,29,30)(H,27,28,31). The highest BCUT2D eigenvalue weighted by Crippen LogP contribution is 2.33. The smallest absolute Gasteiger partial charge is 0.259 e. The van der Waals surface area contributed by atoms with Crippen molar-refractivity contribution in [2.24, 2.45) is 10.7 Å². The zero-order valence-electron chi connectivity index (χ0n) is 17.1. The van der Waals surface area contributed by atoms with Crippen molar-refractivity contribution in [3.05, 3.63) is 80.9 Å². The Morgan fingerprint density at radius 2 is 1.75 bits per heavy atom. The van der Waals surface area contributed by atoms with Gasteiger partial charge in [-0.15, -0.1) is 0 Å². The molecule has 3 rings (SSSR count). The van der Waals surface area contributed by atoms with Crippen molar-refractivity contribution in [2.75, 3.05) is 24.8 Å². The first-order valence-electron chi connectivity index (χ1n) is 9.27. The van der Waals surface area contributed by atoms with E-state index in [4.69, 9.17) is 22.1 Å². The number of nitrogens with zero attached hydrogens (tertiary/aromatic N) is 2. The van der Waals surface area contributed by atoms with Gasteiger partial charge in [-0.05, 0) is 46.3 Å². The number of nitrogens with one attached hydrogen (secondary N) is 2. The van der Waals surface area contributed by atoms with Gasteiger partial charge >= 0.3 is 0 Å². The first-order chi connectivity index (χ1) is 15.3. The number of pyridine rings is 1. The van der Waals surface area contributed by atoms with Gasteiger partial charge < -0.3 is 21.1 Å². The number of amides is 2. The number of halogens is 2. The lowest BCUT2D eigenvalue weighted by atomic mass is 10.1. The second-order valence-corrected chi connectivity index (χ2v) is 7.84. The van der Waals surface area contributed by atoms with E-state index in [2.05, 4.69) is 36.5 Å². The predicted octanol–water partition coefficient (Wildman–Crippen LogP) is 4.35. The molecule has 164 valence electrons. The fourth-order valence-corrected chi connectivity index (χ4v) is 3.23. The summed E-state index contributed by atoms with van der Waals surface area (Å²) in [6.45, 7) is 0. The van der Waals surface area contributed by atoms with Crippen LogP contribution in [-0.2, 0) is 0 Å². The van der Waals surface area contributed by atoms with Crippen LogP contribution in [0.25, 0.3) is 0 Å². The van der Waals surface area contributed by atoms with E-state index in [1.54, 1.807) is 49.6 Å². The van der Waals surface area contributed by atoms with E-state index < -0.39 is 11.8 Å². The topological polar surface area (TPSA) is 119 Å². The van der Waals surface area contributed by atoms with Gasteiger partial charge in [0, 0.05) is 39.9 Å². The number of methoxy groups -OCH3 is 1. The molecule has 10 heteroatoms. The average molecular weight is 517 g/mol. The Morgan fingerprint density at radius 1 is 1.06 bits per heavy atom. The summed E-state index contributed by atoms with van der Waals surface area (Å²) in [6, 6.07) is 12.9. The molecule has 1 heterocycles. The summed E-state index contributed by atoms with van der Waals surface area (Å²) in [5.74, 6) is -0.0334. The fourth-order valence-electron chi connectivity index (χ4n) is 2.79. The third-order valence-corrected chi connectivity index (χ3v) is 5.11. The predicted molar refractivity (Wildman–Crippen MR) is 129 cm³/mol. The van der Waals surface area contributed by atoms with Crippen LogP contribution in [0.15, 0.2) is 64.2 Å². The molecule has 3 aromatic rings. The molecule has 0 radical (unpaired) electrons. The number of hydrogen-bond acceptors (Lipinski definition) is 5. The molecule has 0 spiro atoms. The van der Waals surface area contributed by atoms with Crippen molar-refractivity contribution in [3.8, 4) is 5.75 Å². The molecule has 0 bridgehead atoms. The number of carbonyl (C=O) groups is 2. The number of ether oxygens (including phenoxy) is 1. The summed E-state index contributed by atoms with van der Waals surface area (Å²) >= 11 is 9.46. The maximum atomic E-state index is 13.0. The van der Waals surface area contributed by atoms with Crippen LogP contribution in [0.2, 0.25) is 5.02 Å². The molecule has 0 aliphatic carbocycles. The molecule has 0 aliphatic heterocycles. The number of anilines is 2. The first-order valence-corrected chi connectivity index (χ1v) is 10.4. The van der Waals surface area contributed by atoms with Crippen LogP contribution in [0.3, 0.4) is 0 Å². The second kappa shape index (κ2) is 10.3. The molecule has 0 fully saturated rings. The summed E-state index contributed by atoms with van der Waals surface area (Å²) in [5.41, 5.74) is 7.13. The lowest BCUT2D eigenvalue weighted by Crippen LogP contribution is -2.20. The highest BCUT2D eigenvalue weighted by Gasteiger charge is 2.21. The molecular weight excluding hydrogens is 498 g/mol. The van der Waals surface area contributed by atoms with Gasteiger partial charge in [-0.2, -0.15) is 0 Å². The second-order valence-electron chi connectivity index (χ2n) is 6.49. The summed E-state index contributed by atoms with van der Waals surface area (Å²) in [4.78, 5) is 33.9. The quantitative estimate of drug-likeness (QED) is 0.332. The van der Waals surface area contributed by atoms with E-state index in [1.807, 2.05) is 0 Å². The van der Waals surface area contributed by atoms with Gasteiger partial charge in [0.25, 0.3) is 11.8 Å². The third kappa shape index (κ3) is 5.43. The third-order valence-electron chi connectivity index (χ3n) is 4.42. The van der Waals surface area contributed by atoms with Gasteiger partial charge in [-0.1, -0.05) is 23.7 Å². The number of nitrogens with two attached hydrogens (primary N) is 1. The Kier molecular flexibility index (Phi) is 7.45. The molecule has 32 heavy (non-hydrogen) atoms. The van der Waals surface area contributed by atoms with Gasteiger partial charge in [0.1, 0.15) is 17.4 Å². The number of carbonyl (C=O) groups excluding carboxylic acids is 2. The number of benzene rings is 2. The van der Waals surface area contributed by atoms with Crippen LogP contribution >= 0.6 is 27.5 Å². The first kappa shape index (κ1) is 23.2. The summed E-state index contributed by atoms with van der Waals surface area (Å²) in [7, 11) is 3.00. The summed E-state index contributed by atoms with van der Waals surface area (Å²) in [5, 5.41) is 5.69. The molecule has 0 atom stereocenters. The van der Waals surface area contributed by atoms with Crippen molar-refractivity contribution in [1.29, 1.82) is 0 Å². The normalized spacial score (nSPS) is 11.1. The van der Waals surface area contributed by atoms with Crippen LogP contribution in [0.5, 0.6) is 5.75 Å². The largest absolute Gasteiger partial charge is 0.494 e. The molecule has 0 saturated heterocycles. The molecule has 2 aromatic carbocycles. The monoisotopic (exact) mass is 515 g/mol. The maximum Gasteiger partial charge on any atom is 0.259 e. The van der Waals surface area contributed by atoms with Crippen molar-refractivity contribution in [2.45, 2.75) is 0 Å². The SMILES string of the molecule is CN=C(N)c1ccc(C(=O)Nc2c(OC)cc(Cl)cc2C(=O)Nc2ccc(Br)cn2)cc1. The van der Waals surface area contributed by atoms with Crippen molar-refractivity contribution in [3.63, 3.8) is 0 Å². The van der Waals surface area contributed by atoms with E-state index in [1.165, 1.54) is 19.2 Å². The van der Waals surface area contributed by atoms with Gasteiger partial charge in [-0.3, -0.25) is 14.6 Å². The lowest BCUT2D eigenvalue weighted by molar-refractivity contribution is 0.102. The number of rotatable bonds is 6. The molecule has 8 nitrogen and oxygen atoms in total. The fraction of sp³-hybridized carbons (Fsp3) is 0.0909. The Hall–Kier alpha value is -3.43. The van der Waals surface area contributed by atoms with Crippen molar-refractivity contribution in [1.82, 2.24) is 4.98 Å². The highest BCUT2D eigenvalue weighted by molar-refractivity contribution is 9.10. The average Bonchev–Trinajstić information content (AvgIpc) is 2.80. The molecule has 0 unspecified atom stereocenters. The molecule has 2 amide bonds. The van der Waals surface area contributed by atoms with Gasteiger partial charge in [0.2, 0.25) is 0 Å². The number of hydrogen-bond donors (Lipinski definition) is 3. The van der Waals surface area contributed by atoms with Crippen LogP contribution in [-0.4, -0.2) is 36.8 Å². The molecular formula is C22H19BrClN5O3. The van der Waals surface area contributed by atoms with E-state index in [9.17, 15) is 9.59 Å². The van der Waals surface area contributed by atoms with Gasteiger partial charge in [0.05, 0.1) is 18.4 Å². The molecule has 4 N–H and O–H groups in total. The lowest BCUT2D eigenvalue weighted by Gasteiger charge is -2.16. The van der Waals surface area contributed by atoms with E-state index in [-0.39, 0.29) is 22.0 Å². The summed E-state index contributed by atoms with van der Waals surface area (Å²) < 4.78 is 6.12. The minimum atomic E-state index is -0.516. The molecule has 0 aliphatic rings. The number of aromatic nitrogens is 1. The Balaban J connectivity index is 1.91. The van der Waals surface area contributed by atoms with Gasteiger partial charge in [-0.25, -0.2) is 4.98 Å². The summed E-state index contributed by atoms with van der Waals surface area (Å²) in [6.07, 6.45) is 1.55. The van der Waals surface area contributed by atoms with Gasteiger partial charge in [0.15, 0.2) is 0 Å². The number of aliphatic imine (C=N–C) groups is 1. The Morgan fingerprint density at radius 3 is 2.34 bits per heavy atom. The minimum Gasteiger partial charge on any atom is -0.494 e. The van der Waals surface area contributed by atoms with Crippen LogP contribution < -0.4 is 21.1 Å². The van der Waals surface area contributed by atoms with Crippen molar-refractivity contribution >= 4 is 56.7 Å². The van der Waals surface area contributed by atoms with Crippen LogP contribution in [0, 0.1) is 0 Å². The zero-order valence-corrected chi connectivity index (χ0v) is 19.5. The van der Waals surface area contributed by atoms with E-state index >= 15 is 0 Å². The molecule has 1 aromatic heterocycles. The van der Waals surface area contributed by atoms with E-state index in [0.717, 1.165) is 4.47 Å². The maximum absolute atomic E-state index is 13.0. The van der Waals surface area contributed by atoms with Crippen LogP contribution in [0.1, 0.15) is 26.3 Å². The number of amidine groups is 1. The van der Waals surface area contributed by atoms with Crippen LogP contribution in [0.4, 0.5) is 11.5 Å². The Bertz CT molecular complexity index is 1180. The molecule has 0 saturated carbocycles.